The molecule has 0 aliphatic carbocycles. The molecule has 0 saturated heterocycles. The minimum atomic E-state index is -0.442. The van der Waals surface area contributed by atoms with E-state index >= 15 is 0 Å². The number of amides is 2. The molecule has 0 bridgehead atoms. The SMILES string of the molecule is Cc1cc(NC(=O)CC(=O)Nc2ccc(C(C)(C)C)cc2)no1. The first-order valence-corrected chi connectivity index (χ1v) is 7.37. The Bertz CT molecular complexity index is 697. The van der Waals surface area contributed by atoms with E-state index in [9.17, 15) is 9.59 Å². The Balaban J connectivity index is 1.88. The van der Waals surface area contributed by atoms with Gasteiger partial charge in [0.15, 0.2) is 5.82 Å². The molecule has 0 unspecified atom stereocenters. The molecule has 0 atom stereocenters. The third-order valence-electron chi connectivity index (χ3n) is 3.25. The van der Waals surface area contributed by atoms with Gasteiger partial charge in [0.2, 0.25) is 11.8 Å². The highest BCUT2D eigenvalue weighted by Crippen LogP contribution is 2.23. The Morgan fingerprint density at radius 2 is 1.70 bits per heavy atom. The van der Waals surface area contributed by atoms with E-state index in [2.05, 4.69) is 36.6 Å². The van der Waals surface area contributed by atoms with Crippen LogP contribution in [0, 0.1) is 6.92 Å². The molecule has 23 heavy (non-hydrogen) atoms. The van der Waals surface area contributed by atoms with Crippen LogP contribution in [0.4, 0.5) is 11.5 Å². The minimum Gasteiger partial charge on any atom is -0.360 e. The molecule has 1 aromatic heterocycles. The van der Waals surface area contributed by atoms with Crippen LogP contribution >= 0.6 is 0 Å². The second-order valence-corrected chi connectivity index (χ2v) is 6.42. The molecule has 6 heteroatoms. The molecule has 122 valence electrons. The number of anilines is 2. The van der Waals surface area contributed by atoms with Crippen molar-refractivity contribution in [2.45, 2.75) is 39.5 Å². The van der Waals surface area contributed by atoms with Crippen molar-refractivity contribution in [2.75, 3.05) is 10.6 Å². The molecule has 0 fully saturated rings. The van der Waals surface area contributed by atoms with Crippen molar-refractivity contribution in [2.24, 2.45) is 0 Å². The van der Waals surface area contributed by atoms with Gasteiger partial charge in [-0.25, -0.2) is 0 Å². The van der Waals surface area contributed by atoms with Crippen LogP contribution in [-0.2, 0) is 15.0 Å². The third kappa shape index (κ3) is 4.95. The van der Waals surface area contributed by atoms with E-state index in [0.29, 0.717) is 17.3 Å². The van der Waals surface area contributed by atoms with Gasteiger partial charge in [-0.3, -0.25) is 9.59 Å². The van der Waals surface area contributed by atoms with Gasteiger partial charge in [0, 0.05) is 11.8 Å². The van der Waals surface area contributed by atoms with Crippen LogP contribution in [0.2, 0.25) is 0 Å². The second kappa shape index (κ2) is 6.64. The standard InChI is InChI=1S/C17H21N3O3/c1-11-9-14(20-23-11)19-16(22)10-15(21)18-13-7-5-12(6-8-13)17(2,3)4/h5-9H,10H2,1-4H3,(H,18,21)(H,19,20,22). The maximum atomic E-state index is 11.9. The Morgan fingerprint density at radius 1 is 1.09 bits per heavy atom. The fourth-order valence-electron chi connectivity index (χ4n) is 2.02. The van der Waals surface area contributed by atoms with Gasteiger partial charge in [-0.2, -0.15) is 0 Å². The Morgan fingerprint density at radius 3 is 2.22 bits per heavy atom. The molecule has 1 aromatic carbocycles. The van der Waals surface area contributed by atoms with Gasteiger partial charge in [0.05, 0.1) is 0 Å². The summed E-state index contributed by atoms with van der Waals surface area (Å²) in [6.45, 7) is 8.08. The number of carbonyl (C=O) groups excluding carboxylic acids is 2. The molecule has 0 aliphatic heterocycles. The first-order valence-electron chi connectivity index (χ1n) is 7.37. The number of benzene rings is 1. The number of aryl methyl sites for hydroxylation is 1. The average Bonchev–Trinajstić information content (AvgIpc) is 2.83. The predicted molar refractivity (Wildman–Crippen MR) is 88.3 cm³/mol. The van der Waals surface area contributed by atoms with E-state index in [0.717, 1.165) is 0 Å². The van der Waals surface area contributed by atoms with Crippen molar-refractivity contribution >= 4 is 23.3 Å². The van der Waals surface area contributed by atoms with Crippen LogP contribution in [0.15, 0.2) is 34.9 Å². The van der Waals surface area contributed by atoms with Gasteiger partial charge in [-0.15, -0.1) is 0 Å². The fourth-order valence-corrected chi connectivity index (χ4v) is 2.02. The Kier molecular flexibility index (Phi) is 4.83. The summed E-state index contributed by atoms with van der Waals surface area (Å²) in [5.74, 6) is 0.0619. The lowest BCUT2D eigenvalue weighted by atomic mass is 9.87. The van der Waals surface area contributed by atoms with Crippen molar-refractivity contribution in [3.05, 3.63) is 41.7 Å². The van der Waals surface area contributed by atoms with Crippen LogP contribution in [0.1, 0.15) is 38.5 Å². The molecule has 0 aliphatic rings. The van der Waals surface area contributed by atoms with Crippen LogP contribution < -0.4 is 10.6 Å². The highest BCUT2D eigenvalue weighted by Gasteiger charge is 2.14. The first-order chi connectivity index (χ1) is 10.7. The molecule has 2 aromatic rings. The van der Waals surface area contributed by atoms with Crippen molar-refractivity contribution in [3.63, 3.8) is 0 Å². The molecule has 0 saturated carbocycles. The maximum absolute atomic E-state index is 11.9. The smallest absolute Gasteiger partial charge is 0.235 e. The molecular formula is C17H21N3O3. The number of nitrogens with zero attached hydrogens (tertiary/aromatic N) is 1. The molecule has 0 spiro atoms. The van der Waals surface area contributed by atoms with Gasteiger partial charge in [0.25, 0.3) is 0 Å². The van der Waals surface area contributed by atoms with E-state index in [4.69, 9.17) is 4.52 Å². The monoisotopic (exact) mass is 315 g/mol. The van der Waals surface area contributed by atoms with Crippen LogP contribution in [0.5, 0.6) is 0 Å². The summed E-state index contributed by atoms with van der Waals surface area (Å²) in [6.07, 6.45) is -0.285. The Labute approximate surface area is 135 Å². The number of carbonyl (C=O) groups is 2. The lowest BCUT2D eigenvalue weighted by molar-refractivity contribution is -0.123. The van der Waals surface area contributed by atoms with Crippen molar-refractivity contribution in [3.8, 4) is 0 Å². The average molecular weight is 315 g/mol. The normalized spacial score (nSPS) is 11.1. The summed E-state index contributed by atoms with van der Waals surface area (Å²) >= 11 is 0. The van der Waals surface area contributed by atoms with E-state index in [1.807, 2.05) is 24.3 Å². The lowest BCUT2D eigenvalue weighted by Crippen LogP contribution is -2.21. The van der Waals surface area contributed by atoms with E-state index < -0.39 is 5.91 Å². The molecule has 1 heterocycles. The van der Waals surface area contributed by atoms with E-state index in [-0.39, 0.29) is 17.7 Å². The highest BCUT2D eigenvalue weighted by molar-refractivity contribution is 6.07. The zero-order valence-corrected chi connectivity index (χ0v) is 13.8. The lowest BCUT2D eigenvalue weighted by Gasteiger charge is -2.19. The fraction of sp³-hybridized carbons (Fsp3) is 0.353. The molecular weight excluding hydrogens is 294 g/mol. The van der Waals surface area contributed by atoms with Crippen molar-refractivity contribution in [1.82, 2.24) is 5.16 Å². The topological polar surface area (TPSA) is 84.2 Å². The maximum Gasteiger partial charge on any atom is 0.235 e. The zero-order valence-electron chi connectivity index (χ0n) is 13.8. The predicted octanol–water partition coefficient (Wildman–Crippen LogP) is 3.25. The highest BCUT2D eigenvalue weighted by atomic mass is 16.5. The van der Waals surface area contributed by atoms with E-state index in [1.165, 1.54) is 5.56 Å². The summed E-state index contributed by atoms with van der Waals surface area (Å²) < 4.78 is 4.84. The third-order valence-corrected chi connectivity index (χ3v) is 3.25. The van der Waals surface area contributed by atoms with Crippen molar-refractivity contribution < 1.29 is 14.1 Å². The summed E-state index contributed by atoms with van der Waals surface area (Å²) in [5.41, 5.74) is 1.89. The number of nitrogens with one attached hydrogen (secondary N) is 2. The number of hydrogen-bond acceptors (Lipinski definition) is 4. The second-order valence-electron chi connectivity index (χ2n) is 6.42. The molecule has 2 amide bonds. The zero-order chi connectivity index (χ0) is 17.0. The quantitative estimate of drug-likeness (QED) is 0.848. The van der Waals surface area contributed by atoms with Crippen LogP contribution in [0.25, 0.3) is 0 Å². The number of aromatic nitrogens is 1. The Hall–Kier alpha value is -2.63. The molecule has 0 radical (unpaired) electrons. The summed E-state index contributed by atoms with van der Waals surface area (Å²) in [5, 5.41) is 8.84. The van der Waals surface area contributed by atoms with Crippen LogP contribution in [-0.4, -0.2) is 17.0 Å². The largest absolute Gasteiger partial charge is 0.360 e. The van der Waals surface area contributed by atoms with Gasteiger partial charge in [-0.05, 0) is 30.0 Å². The number of rotatable bonds is 4. The number of hydrogen-bond donors (Lipinski definition) is 2. The molecule has 6 nitrogen and oxygen atoms in total. The summed E-state index contributed by atoms with van der Waals surface area (Å²) in [7, 11) is 0. The van der Waals surface area contributed by atoms with Gasteiger partial charge in [-0.1, -0.05) is 38.1 Å². The van der Waals surface area contributed by atoms with Gasteiger partial charge >= 0.3 is 0 Å². The van der Waals surface area contributed by atoms with Crippen LogP contribution in [0.3, 0.4) is 0 Å². The van der Waals surface area contributed by atoms with Gasteiger partial charge in [0.1, 0.15) is 12.2 Å². The van der Waals surface area contributed by atoms with E-state index in [1.54, 1.807) is 13.0 Å². The first kappa shape index (κ1) is 16.7. The van der Waals surface area contributed by atoms with Crippen molar-refractivity contribution in [1.29, 1.82) is 0 Å². The summed E-state index contributed by atoms with van der Waals surface area (Å²) in [4.78, 5) is 23.6. The minimum absolute atomic E-state index is 0.0537. The molecule has 2 N–H and O–H groups in total. The van der Waals surface area contributed by atoms with Gasteiger partial charge < -0.3 is 15.2 Å². The summed E-state index contributed by atoms with van der Waals surface area (Å²) in [6, 6.07) is 9.18. The molecule has 2 rings (SSSR count).